The molecule has 0 bridgehead atoms. The Kier molecular flexibility index (Phi) is 3.64. The molecule has 0 radical (unpaired) electrons. The van der Waals surface area contributed by atoms with Crippen LogP contribution in [-0.4, -0.2) is 40.1 Å². The molecular formula is C15H15F2N3O2. The smallest absolute Gasteiger partial charge is 0.339 e. The summed E-state index contributed by atoms with van der Waals surface area (Å²) in [6, 6.07) is 4.92. The van der Waals surface area contributed by atoms with Gasteiger partial charge in [-0.3, -0.25) is 0 Å². The zero-order valence-corrected chi connectivity index (χ0v) is 11.8. The molecule has 22 heavy (non-hydrogen) atoms. The SMILES string of the molecule is O=C(O)c1cc2cccnc2nc1N1CCCC(F)(F)CC1. The largest absolute Gasteiger partial charge is 0.478 e. The lowest BCUT2D eigenvalue weighted by Crippen LogP contribution is -2.28. The third-order valence-electron chi connectivity index (χ3n) is 3.82. The molecule has 1 aliphatic rings. The number of carbonyl (C=O) groups is 1. The average molecular weight is 307 g/mol. The van der Waals surface area contributed by atoms with Crippen molar-refractivity contribution in [2.45, 2.75) is 25.2 Å². The fraction of sp³-hybridized carbons (Fsp3) is 0.400. The number of halogens is 2. The maximum Gasteiger partial charge on any atom is 0.339 e. The number of hydrogen-bond donors (Lipinski definition) is 1. The van der Waals surface area contributed by atoms with Crippen LogP contribution in [0.25, 0.3) is 11.0 Å². The van der Waals surface area contributed by atoms with Crippen molar-refractivity contribution in [3.63, 3.8) is 0 Å². The van der Waals surface area contributed by atoms with E-state index in [0.717, 1.165) is 0 Å². The van der Waals surface area contributed by atoms with E-state index in [2.05, 4.69) is 9.97 Å². The number of aromatic carboxylic acids is 1. The Balaban J connectivity index is 2.04. The van der Waals surface area contributed by atoms with Gasteiger partial charge >= 0.3 is 5.97 Å². The molecule has 0 aliphatic carbocycles. The Morgan fingerprint density at radius 2 is 2.14 bits per heavy atom. The van der Waals surface area contributed by atoms with Crippen LogP contribution in [0.5, 0.6) is 0 Å². The summed E-state index contributed by atoms with van der Waals surface area (Å²) in [4.78, 5) is 21.5. The van der Waals surface area contributed by atoms with E-state index in [-0.39, 0.29) is 30.8 Å². The van der Waals surface area contributed by atoms with E-state index in [9.17, 15) is 18.7 Å². The lowest BCUT2D eigenvalue weighted by Gasteiger charge is -2.23. The van der Waals surface area contributed by atoms with Crippen LogP contribution in [-0.2, 0) is 0 Å². The van der Waals surface area contributed by atoms with Gasteiger partial charge in [0.25, 0.3) is 0 Å². The van der Waals surface area contributed by atoms with Gasteiger partial charge in [-0.15, -0.1) is 0 Å². The Morgan fingerprint density at radius 1 is 1.32 bits per heavy atom. The summed E-state index contributed by atoms with van der Waals surface area (Å²) < 4.78 is 27.0. The fourth-order valence-corrected chi connectivity index (χ4v) is 2.67. The molecule has 0 atom stereocenters. The summed E-state index contributed by atoms with van der Waals surface area (Å²) in [7, 11) is 0. The van der Waals surface area contributed by atoms with Crippen molar-refractivity contribution >= 4 is 22.8 Å². The first-order valence-electron chi connectivity index (χ1n) is 7.08. The third-order valence-corrected chi connectivity index (χ3v) is 3.82. The van der Waals surface area contributed by atoms with Crippen molar-refractivity contribution in [1.82, 2.24) is 9.97 Å². The summed E-state index contributed by atoms with van der Waals surface area (Å²) >= 11 is 0. The highest BCUT2D eigenvalue weighted by Crippen LogP contribution is 2.31. The highest BCUT2D eigenvalue weighted by Gasteiger charge is 2.33. The number of carboxylic acids is 1. The Bertz CT molecular complexity index is 721. The second kappa shape index (κ2) is 5.47. The van der Waals surface area contributed by atoms with Crippen LogP contribution >= 0.6 is 0 Å². The van der Waals surface area contributed by atoms with Gasteiger partial charge in [-0.25, -0.2) is 23.5 Å². The number of rotatable bonds is 2. The van der Waals surface area contributed by atoms with E-state index in [1.54, 1.807) is 23.2 Å². The minimum Gasteiger partial charge on any atom is -0.478 e. The average Bonchev–Trinajstić information content (AvgIpc) is 2.66. The molecule has 1 aliphatic heterocycles. The molecule has 3 rings (SSSR count). The van der Waals surface area contributed by atoms with Crippen molar-refractivity contribution in [1.29, 1.82) is 0 Å². The van der Waals surface area contributed by atoms with Crippen molar-refractivity contribution in [2.24, 2.45) is 0 Å². The van der Waals surface area contributed by atoms with E-state index >= 15 is 0 Å². The lowest BCUT2D eigenvalue weighted by molar-refractivity contribution is -0.0102. The van der Waals surface area contributed by atoms with Gasteiger partial charge in [-0.2, -0.15) is 0 Å². The predicted molar refractivity (Wildman–Crippen MR) is 77.5 cm³/mol. The molecule has 0 saturated carbocycles. The summed E-state index contributed by atoms with van der Waals surface area (Å²) in [6.07, 6.45) is 1.38. The Hall–Kier alpha value is -2.31. The van der Waals surface area contributed by atoms with Crippen molar-refractivity contribution in [3.05, 3.63) is 30.0 Å². The van der Waals surface area contributed by atoms with Crippen LogP contribution in [0.2, 0.25) is 0 Å². The molecule has 5 nitrogen and oxygen atoms in total. The van der Waals surface area contributed by atoms with Gasteiger partial charge < -0.3 is 10.0 Å². The molecule has 7 heteroatoms. The van der Waals surface area contributed by atoms with Gasteiger partial charge in [-0.1, -0.05) is 0 Å². The van der Waals surface area contributed by atoms with Gasteiger partial charge in [0.1, 0.15) is 11.4 Å². The molecule has 1 N–H and O–H groups in total. The van der Waals surface area contributed by atoms with Crippen LogP contribution < -0.4 is 4.90 Å². The number of aromatic nitrogens is 2. The Labute approximate surface area is 125 Å². The summed E-state index contributed by atoms with van der Waals surface area (Å²) in [6.45, 7) is 0.444. The quantitative estimate of drug-likeness (QED) is 0.924. The number of carboxylic acid groups (broad SMARTS) is 1. The van der Waals surface area contributed by atoms with Crippen molar-refractivity contribution < 1.29 is 18.7 Å². The van der Waals surface area contributed by atoms with Gasteiger partial charge in [-0.05, 0) is 24.6 Å². The maximum atomic E-state index is 13.5. The van der Waals surface area contributed by atoms with Gasteiger partial charge in [0.05, 0.1) is 0 Å². The standard InChI is InChI=1S/C15H15F2N3O2/c16-15(17)4-2-7-20(8-5-15)13-11(14(21)22)9-10-3-1-6-18-12(10)19-13/h1,3,6,9H,2,4-5,7-8H2,(H,21,22). The highest BCUT2D eigenvalue weighted by atomic mass is 19.3. The number of anilines is 1. The number of alkyl halides is 2. The molecule has 0 unspecified atom stereocenters. The zero-order valence-electron chi connectivity index (χ0n) is 11.8. The molecule has 2 aromatic heterocycles. The predicted octanol–water partition coefficient (Wildman–Crippen LogP) is 2.95. The minimum absolute atomic E-state index is 0.0192. The summed E-state index contributed by atoms with van der Waals surface area (Å²) in [5.74, 6) is -3.60. The molecule has 0 aromatic carbocycles. The molecule has 1 saturated heterocycles. The van der Waals surface area contributed by atoms with Crippen LogP contribution in [0, 0.1) is 0 Å². The first-order chi connectivity index (χ1) is 10.5. The van der Waals surface area contributed by atoms with E-state index in [1.807, 2.05) is 0 Å². The molecule has 1 fully saturated rings. The molecule has 116 valence electrons. The molecule has 2 aromatic rings. The zero-order chi connectivity index (χ0) is 15.7. The van der Waals surface area contributed by atoms with Crippen LogP contribution in [0.4, 0.5) is 14.6 Å². The lowest BCUT2D eigenvalue weighted by atomic mass is 10.1. The number of pyridine rings is 2. The summed E-state index contributed by atoms with van der Waals surface area (Å²) in [5, 5.41) is 10.0. The minimum atomic E-state index is -2.70. The number of nitrogens with zero attached hydrogens (tertiary/aromatic N) is 3. The van der Waals surface area contributed by atoms with Crippen LogP contribution in [0.3, 0.4) is 0 Å². The number of hydrogen-bond acceptors (Lipinski definition) is 4. The number of fused-ring (bicyclic) bond motifs is 1. The monoisotopic (exact) mass is 307 g/mol. The molecule has 0 spiro atoms. The van der Waals surface area contributed by atoms with Crippen LogP contribution in [0.1, 0.15) is 29.6 Å². The van der Waals surface area contributed by atoms with Crippen molar-refractivity contribution in [2.75, 3.05) is 18.0 Å². The van der Waals surface area contributed by atoms with Gasteiger partial charge in [0, 0.05) is 37.5 Å². The van der Waals surface area contributed by atoms with E-state index in [4.69, 9.17) is 0 Å². The first-order valence-corrected chi connectivity index (χ1v) is 7.08. The normalized spacial score (nSPS) is 18.2. The topological polar surface area (TPSA) is 66.3 Å². The maximum absolute atomic E-state index is 13.5. The van der Waals surface area contributed by atoms with Crippen molar-refractivity contribution in [3.8, 4) is 0 Å². The Morgan fingerprint density at radius 3 is 2.91 bits per heavy atom. The van der Waals surface area contributed by atoms with Crippen LogP contribution in [0.15, 0.2) is 24.4 Å². The van der Waals surface area contributed by atoms with E-state index < -0.39 is 11.9 Å². The first kappa shape index (κ1) is 14.6. The molecule has 0 amide bonds. The van der Waals surface area contributed by atoms with Gasteiger partial charge in [0.2, 0.25) is 5.92 Å². The molecular weight excluding hydrogens is 292 g/mol. The van der Waals surface area contributed by atoms with Gasteiger partial charge in [0.15, 0.2) is 5.65 Å². The van der Waals surface area contributed by atoms with E-state index in [0.29, 0.717) is 24.0 Å². The summed E-state index contributed by atoms with van der Waals surface area (Å²) in [5.41, 5.74) is 0.434. The third kappa shape index (κ3) is 2.84. The second-order valence-corrected chi connectivity index (χ2v) is 5.41. The molecule has 3 heterocycles. The highest BCUT2D eigenvalue weighted by molar-refractivity contribution is 5.97. The fourth-order valence-electron chi connectivity index (χ4n) is 2.67. The second-order valence-electron chi connectivity index (χ2n) is 5.41. The van der Waals surface area contributed by atoms with E-state index in [1.165, 1.54) is 6.07 Å².